The van der Waals surface area contributed by atoms with E-state index >= 15 is 0 Å². The number of nitrogens with zero attached hydrogens (tertiary/aromatic N) is 3. The zero-order valence-corrected chi connectivity index (χ0v) is 17.4. The first-order valence-electron chi connectivity index (χ1n) is 10.2. The van der Waals surface area contributed by atoms with Crippen molar-refractivity contribution in [2.45, 2.75) is 6.92 Å². The Hall–Kier alpha value is -4.45. The molecule has 0 aliphatic heterocycles. The largest absolute Gasteiger partial charge is 0.457 e. The van der Waals surface area contributed by atoms with Crippen LogP contribution < -0.4 is 10.1 Å². The molecule has 0 unspecified atom stereocenters. The van der Waals surface area contributed by atoms with Crippen LogP contribution in [0.1, 0.15) is 16.1 Å². The number of fused-ring (bicyclic) bond motifs is 1. The van der Waals surface area contributed by atoms with E-state index in [0.717, 1.165) is 22.4 Å². The summed E-state index contributed by atoms with van der Waals surface area (Å²) in [6.07, 6.45) is 1.64. The van der Waals surface area contributed by atoms with Gasteiger partial charge >= 0.3 is 0 Å². The standard InChI is InChI=1S/C26H20N4O2/c1-18-24-16-20(17-27-25(24)30(29-18)21-10-4-2-5-11-21)28-26(31)19-9-8-14-23(15-19)32-22-12-6-3-7-13-22/h2-17H,1H3,(H,28,31). The third kappa shape index (κ3) is 3.94. The molecule has 1 amide bonds. The average Bonchev–Trinajstić information content (AvgIpc) is 3.16. The van der Waals surface area contributed by atoms with Crippen molar-refractivity contribution in [2.75, 3.05) is 5.32 Å². The molecular weight excluding hydrogens is 400 g/mol. The average molecular weight is 420 g/mol. The molecule has 6 heteroatoms. The Balaban J connectivity index is 1.38. The van der Waals surface area contributed by atoms with Crippen molar-refractivity contribution in [1.82, 2.24) is 14.8 Å². The van der Waals surface area contributed by atoms with Crippen LogP contribution in [0.15, 0.2) is 97.2 Å². The van der Waals surface area contributed by atoms with E-state index in [-0.39, 0.29) is 5.91 Å². The Morgan fingerprint density at radius 3 is 2.38 bits per heavy atom. The normalized spacial score (nSPS) is 10.8. The Labute approximate surface area is 185 Å². The number of aromatic nitrogens is 3. The SMILES string of the molecule is Cc1nn(-c2ccccc2)c2ncc(NC(=O)c3cccc(Oc4ccccc4)c3)cc12. The molecule has 0 saturated heterocycles. The minimum Gasteiger partial charge on any atom is -0.457 e. The molecule has 156 valence electrons. The summed E-state index contributed by atoms with van der Waals surface area (Å²) < 4.78 is 7.64. The van der Waals surface area contributed by atoms with Gasteiger partial charge in [0.05, 0.1) is 23.3 Å². The second-order valence-corrected chi connectivity index (χ2v) is 7.32. The summed E-state index contributed by atoms with van der Waals surface area (Å²) >= 11 is 0. The highest BCUT2D eigenvalue weighted by Crippen LogP contribution is 2.25. The van der Waals surface area contributed by atoms with Crippen molar-refractivity contribution in [1.29, 1.82) is 0 Å². The molecule has 1 N–H and O–H groups in total. The molecule has 5 rings (SSSR count). The molecule has 6 nitrogen and oxygen atoms in total. The van der Waals surface area contributed by atoms with Crippen LogP contribution in [0.4, 0.5) is 5.69 Å². The smallest absolute Gasteiger partial charge is 0.255 e. The van der Waals surface area contributed by atoms with Crippen LogP contribution in [-0.2, 0) is 0 Å². The second-order valence-electron chi connectivity index (χ2n) is 7.32. The summed E-state index contributed by atoms with van der Waals surface area (Å²) in [5.74, 6) is 1.07. The molecule has 0 saturated carbocycles. The van der Waals surface area contributed by atoms with E-state index in [9.17, 15) is 4.79 Å². The van der Waals surface area contributed by atoms with Crippen LogP contribution in [0.2, 0.25) is 0 Å². The first-order valence-corrected chi connectivity index (χ1v) is 10.2. The van der Waals surface area contributed by atoms with Gasteiger partial charge in [-0.3, -0.25) is 4.79 Å². The summed E-state index contributed by atoms with van der Waals surface area (Å²) in [4.78, 5) is 17.4. The van der Waals surface area contributed by atoms with E-state index in [4.69, 9.17) is 4.74 Å². The van der Waals surface area contributed by atoms with E-state index < -0.39 is 0 Å². The Bertz CT molecular complexity index is 1400. The topological polar surface area (TPSA) is 69.0 Å². The summed E-state index contributed by atoms with van der Waals surface area (Å²) in [5, 5.41) is 8.42. The van der Waals surface area contributed by atoms with Gasteiger partial charge in [-0.25, -0.2) is 9.67 Å². The monoisotopic (exact) mass is 420 g/mol. The summed E-state index contributed by atoms with van der Waals surface area (Å²) in [5.41, 5.74) is 3.61. The van der Waals surface area contributed by atoms with Gasteiger partial charge in [-0.15, -0.1) is 0 Å². The van der Waals surface area contributed by atoms with Gasteiger partial charge in [0.2, 0.25) is 0 Å². The highest BCUT2D eigenvalue weighted by molar-refractivity contribution is 6.05. The predicted octanol–water partition coefficient (Wildman–Crippen LogP) is 5.77. The fourth-order valence-electron chi connectivity index (χ4n) is 3.49. The number of benzene rings is 3. The number of hydrogen-bond acceptors (Lipinski definition) is 4. The van der Waals surface area contributed by atoms with Gasteiger partial charge in [-0.1, -0.05) is 42.5 Å². The molecule has 32 heavy (non-hydrogen) atoms. The van der Waals surface area contributed by atoms with Crippen molar-refractivity contribution < 1.29 is 9.53 Å². The number of carbonyl (C=O) groups excluding carboxylic acids is 1. The van der Waals surface area contributed by atoms with Crippen LogP contribution in [0, 0.1) is 6.92 Å². The number of rotatable bonds is 5. The number of para-hydroxylation sites is 2. The van der Waals surface area contributed by atoms with E-state index in [1.807, 2.05) is 79.7 Å². The highest BCUT2D eigenvalue weighted by atomic mass is 16.5. The van der Waals surface area contributed by atoms with Gasteiger partial charge in [0.15, 0.2) is 5.65 Å². The first-order chi connectivity index (χ1) is 15.7. The zero-order chi connectivity index (χ0) is 21.9. The maximum Gasteiger partial charge on any atom is 0.255 e. The molecule has 2 aromatic heterocycles. The lowest BCUT2D eigenvalue weighted by molar-refractivity contribution is 0.102. The molecule has 0 fully saturated rings. The molecule has 0 atom stereocenters. The zero-order valence-electron chi connectivity index (χ0n) is 17.4. The lowest BCUT2D eigenvalue weighted by Crippen LogP contribution is -2.12. The predicted molar refractivity (Wildman–Crippen MR) is 125 cm³/mol. The summed E-state index contributed by atoms with van der Waals surface area (Å²) in [6, 6.07) is 28.3. The molecule has 0 spiro atoms. The van der Waals surface area contributed by atoms with E-state index in [1.54, 1.807) is 29.1 Å². The van der Waals surface area contributed by atoms with Crippen LogP contribution in [-0.4, -0.2) is 20.7 Å². The fourth-order valence-corrected chi connectivity index (χ4v) is 3.49. The number of nitrogens with one attached hydrogen (secondary N) is 1. The Morgan fingerprint density at radius 1 is 0.875 bits per heavy atom. The number of hydrogen-bond donors (Lipinski definition) is 1. The Kier molecular flexibility index (Phi) is 5.09. The number of carbonyl (C=O) groups is 1. The lowest BCUT2D eigenvalue weighted by Gasteiger charge is -2.09. The van der Waals surface area contributed by atoms with E-state index in [0.29, 0.717) is 22.7 Å². The maximum absolute atomic E-state index is 12.9. The molecule has 0 aliphatic rings. The summed E-state index contributed by atoms with van der Waals surface area (Å²) in [7, 11) is 0. The second kappa shape index (κ2) is 8.35. The van der Waals surface area contributed by atoms with Gasteiger partial charge in [0, 0.05) is 10.9 Å². The number of aryl methyl sites for hydroxylation is 1. The first kappa shape index (κ1) is 19.5. The minimum atomic E-state index is -0.238. The van der Waals surface area contributed by atoms with Gasteiger partial charge in [-0.2, -0.15) is 5.10 Å². The number of anilines is 1. The van der Waals surface area contributed by atoms with Crippen molar-refractivity contribution >= 4 is 22.6 Å². The molecule has 0 radical (unpaired) electrons. The van der Waals surface area contributed by atoms with Gasteiger partial charge in [0.1, 0.15) is 11.5 Å². The number of pyridine rings is 1. The maximum atomic E-state index is 12.9. The van der Waals surface area contributed by atoms with Gasteiger partial charge in [0.25, 0.3) is 5.91 Å². The molecule has 2 heterocycles. The number of ether oxygens (including phenoxy) is 1. The van der Waals surface area contributed by atoms with Crippen LogP contribution in [0.3, 0.4) is 0 Å². The Morgan fingerprint density at radius 2 is 1.59 bits per heavy atom. The molecule has 0 bridgehead atoms. The van der Waals surface area contributed by atoms with Crippen molar-refractivity contribution in [3.8, 4) is 17.2 Å². The quantitative estimate of drug-likeness (QED) is 0.392. The van der Waals surface area contributed by atoms with E-state index in [1.165, 1.54) is 0 Å². The van der Waals surface area contributed by atoms with Gasteiger partial charge < -0.3 is 10.1 Å². The minimum absolute atomic E-state index is 0.238. The molecule has 3 aromatic carbocycles. The molecule has 0 aliphatic carbocycles. The third-order valence-electron chi connectivity index (χ3n) is 5.04. The third-order valence-corrected chi connectivity index (χ3v) is 5.04. The fraction of sp³-hybridized carbons (Fsp3) is 0.0385. The van der Waals surface area contributed by atoms with E-state index in [2.05, 4.69) is 15.4 Å². The van der Waals surface area contributed by atoms with Crippen LogP contribution >= 0.6 is 0 Å². The van der Waals surface area contributed by atoms with Gasteiger partial charge in [-0.05, 0) is 55.5 Å². The highest BCUT2D eigenvalue weighted by Gasteiger charge is 2.13. The van der Waals surface area contributed by atoms with Crippen LogP contribution in [0.5, 0.6) is 11.5 Å². The number of amides is 1. The van der Waals surface area contributed by atoms with Crippen molar-refractivity contribution in [2.24, 2.45) is 0 Å². The molecular formula is C26H20N4O2. The van der Waals surface area contributed by atoms with Crippen molar-refractivity contribution in [3.05, 3.63) is 108 Å². The lowest BCUT2D eigenvalue weighted by atomic mass is 10.2. The van der Waals surface area contributed by atoms with Crippen LogP contribution in [0.25, 0.3) is 16.7 Å². The van der Waals surface area contributed by atoms with Crippen molar-refractivity contribution in [3.63, 3.8) is 0 Å². The molecule has 5 aromatic rings. The summed E-state index contributed by atoms with van der Waals surface area (Å²) in [6.45, 7) is 1.93.